The molecule has 0 spiro atoms. The smallest absolute Gasteiger partial charge is 0.226 e. The fourth-order valence-electron chi connectivity index (χ4n) is 4.12. The highest BCUT2D eigenvalue weighted by Crippen LogP contribution is 2.23. The number of carbonyl (C=O) groups excluding carboxylic acids is 2. The molecule has 1 atom stereocenters. The van der Waals surface area contributed by atoms with Gasteiger partial charge in [-0.2, -0.15) is 0 Å². The van der Waals surface area contributed by atoms with Gasteiger partial charge in [0, 0.05) is 57.0 Å². The molecule has 0 saturated carbocycles. The summed E-state index contributed by atoms with van der Waals surface area (Å²) in [5.74, 6) is 0.311. The maximum Gasteiger partial charge on any atom is 0.226 e. The molecule has 0 radical (unpaired) electrons. The third-order valence-corrected chi connectivity index (χ3v) is 5.63. The van der Waals surface area contributed by atoms with Gasteiger partial charge in [0.15, 0.2) is 0 Å². The Labute approximate surface area is 161 Å². The molecule has 2 aliphatic rings. The summed E-state index contributed by atoms with van der Waals surface area (Å²) in [5, 5.41) is 0. The number of carbonyl (C=O) groups is 2. The van der Waals surface area contributed by atoms with Gasteiger partial charge in [0.2, 0.25) is 11.8 Å². The molecule has 1 aromatic heterocycles. The van der Waals surface area contributed by atoms with Gasteiger partial charge in [-0.1, -0.05) is 11.6 Å². The highest BCUT2D eigenvalue weighted by Gasteiger charge is 2.26. The summed E-state index contributed by atoms with van der Waals surface area (Å²) in [6, 6.07) is 0.161. The van der Waals surface area contributed by atoms with Crippen LogP contribution in [0.25, 0.3) is 0 Å². The molecule has 0 unspecified atom stereocenters. The zero-order valence-electron chi connectivity index (χ0n) is 16.3. The summed E-state index contributed by atoms with van der Waals surface area (Å²) in [7, 11) is 0. The number of rotatable bonds is 5. The largest absolute Gasteiger partial charge is 0.342 e. The zero-order chi connectivity index (χ0) is 19.1. The van der Waals surface area contributed by atoms with Gasteiger partial charge in [-0.15, -0.1) is 0 Å². The quantitative estimate of drug-likeness (QED) is 0.747. The predicted molar refractivity (Wildman–Crippen MR) is 104 cm³/mol. The Morgan fingerprint density at radius 2 is 1.96 bits per heavy atom. The van der Waals surface area contributed by atoms with Crippen molar-refractivity contribution in [3.63, 3.8) is 0 Å². The summed E-state index contributed by atoms with van der Waals surface area (Å²) in [6.07, 6.45) is 15.2. The van der Waals surface area contributed by atoms with Crippen LogP contribution in [0.5, 0.6) is 0 Å². The van der Waals surface area contributed by atoms with E-state index in [0.717, 1.165) is 50.8 Å². The molecule has 0 N–H and O–H groups in total. The number of hydrogen-bond donors (Lipinski definition) is 0. The topological polar surface area (TPSA) is 66.4 Å². The van der Waals surface area contributed by atoms with Crippen molar-refractivity contribution in [3.05, 3.63) is 35.9 Å². The molecular weight excluding hydrogens is 340 g/mol. The minimum absolute atomic E-state index is 0.0657. The number of allylic oxidation sites excluding steroid dienone is 1. The van der Waals surface area contributed by atoms with E-state index < -0.39 is 0 Å². The van der Waals surface area contributed by atoms with E-state index in [0.29, 0.717) is 13.0 Å². The fraction of sp³-hybridized carbons (Fsp3) is 0.619. The van der Waals surface area contributed by atoms with E-state index in [1.165, 1.54) is 24.7 Å². The third kappa shape index (κ3) is 5.62. The number of nitrogens with zero attached hydrogens (tertiary/aromatic N) is 4. The van der Waals surface area contributed by atoms with Gasteiger partial charge in [-0.05, 0) is 44.9 Å². The maximum absolute atomic E-state index is 12.7. The first-order chi connectivity index (χ1) is 13.1. The molecule has 0 aromatic carbocycles. The summed E-state index contributed by atoms with van der Waals surface area (Å²) in [4.78, 5) is 36.9. The van der Waals surface area contributed by atoms with E-state index in [1.807, 2.05) is 9.80 Å². The zero-order valence-corrected chi connectivity index (χ0v) is 16.3. The molecule has 6 nitrogen and oxygen atoms in total. The molecule has 1 saturated heterocycles. The summed E-state index contributed by atoms with van der Waals surface area (Å²) >= 11 is 0. The van der Waals surface area contributed by atoms with Gasteiger partial charge in [0.05, 0.1) is 0 Å². The van der Waals surface area contributed by atoms with Gasteiger partial charge in [-0.3, -0.25) is 9.59 Å². The van der Waals surface area contributed by atoms with Crippen molar-refractivity contribution in [2.45, 2.75) is 70.9 Å². The highest BCUT2D eigenvalue weighted by atomic mass is 16.2. The molecule has 1 fully saturated rings. The van der Waals surface area contributed by atoms with Crippen molar-refractivity contribution >= 4 is 11.8 Å². The Bertz CT molecular complexity index is 674. The maximum atomic E-state index is 12.7. The lowest BCUT2D eigenvalue weighted by atomic mass is 9.97. The minimum Gasteiger partial charge on any atom is -0.342 e. The van der Waals surface area contributed by atoms with Gasteiger partial charge in [-0.25, -0.2) is 9.97 Å². The lowest BCUT2D eigenvalue weighted by molar-refractivity contribution is -0.132. The second kappa shape index (κ2) is 9.62. The molecular formula is C21H30N4O2. The van der Waals surface area contributed by atoms with Crippen LogP contribution in [0.3, 0.4) is 0 Å². The standard InChI is InChI=1S/C21H30N4O2/c1-17(26)25(15-19-13-22-16-23-14-19)20-8-5-10-24(11-9-20)21(27)12-18-6-3-2-4-7-18/h6,13-14,16,20H,2-5,7-12,15H2,1H3/t20-/m0/s1. The lowest BCUT2D eigenvalue weighted by Gasteiger charge is -2.30. The molecule has 3 rings (SSSR count). The summed E-state index contributed by atoms with van der Waals surface area (Å²) < 4.78 is 0. The van der Waals surface area contributed by atoms with Crippen LogP contribution in [0.15, 0.2) is 30.4 Å². The molecule has 2 amide bonds. The average molecular weight is 370 g/mol. The molecule has 6 heteroatoms. The van der Waals surface area contributed by atoms with Crippen molar-refractivity contribution in [3.8, 4) is 0 Å². The molecule has 1 aliphatic heterocycles. The fourth-order valence-corrected chi connectivity index (χ4v) is 4.12. The Kier molecular flexibility index (Phi) is 6.96. The first-order valence-corrected chi connectivity index (χ1v) is 10.1. The van der Waals surface area contributed by atoms with E-state index in [-0.39, 0.29) is 17.9 Å². The second-order valence-electron chi connectivity index (χ2n) is 7.64. The first kappa shape index (κ1) is 19.5. The van der Waals surface area contributed by atoms with Gasteiger partial charge in [0.25, 0.3) is 0 Å². The van der Waals surface area contributed by atoms with Crippen LogP contribution >= 0.6 is 0 Å². The van der Waals surface area contributed by atoms with Gasteiger partial charge in [0.1, 0.15) is 6.33 Å². The number of aromatic nitrogens is 2. The van der Waals surface area contributed by atoms with E-state index in [1.54, 1.807) is 19.3 Å². The normalized spacial score (nSPS) is 20.6. The Morgan fingerprint density at radius 3 is 2.67 bits per heavy atom. The highest BCUT2D eigenvalue weighted by molar-refractivity contribution is 5.79. The van der Waals surface area contributed by atoms with Crippen LogP contribution in [-0.4, -0.2) is 50.7 Å². The average Bonchev–Trinajstić information content (AvgIpc) is 2.93. The van der Waals surface area contributed by atoms with Crippen molar-refractivity contribution in [1.29, 1.82) is 0 Å². The Balaban J connectivity index is 1.58. The number of hydrogen-bond acceptors (Lipinski definition) is 4. The molecule has 1 aromatic rings. The Morgan fingerprint density at radius 1 is 1.15 bits per heavy atom. The minimum atomic E-state index is 0.0657. The van der Waals surface area contributed by atoms with Crippen LogP contribution in [0.2, 0.25) is 0 Å². The van der Waals surface area contributed by atoms with Crippen molar-refractivity contribution in [2.24, 2.45) is 0 Å². The number of likely N-dealkylation sites (tertiary alicyclic amines) is 1. The van der Waals surface area contributed by atoms with Crippen molar-refractivity contribution in [1.82, 2.24) is 19.8 Å². The van der Waals surface area contributed by atoms with Crippen molar-refractivity contribution < 1.29 is 9.59 Å². The van der Waals surface area contributed by atoms with Crippen LogP contribution in [0, 0.1) is 0 Å². The van der Waals surface area contributed by atoms with Crippen LogP contribution in [0.1, 0.15) is 63.9 Å². The lowest BCUT2D eigenvalue weighted by Crippen LogP contribution is -2.39. The van der Waals surface area contributed by atoms with E-state index in [9.17, 15) is 9.59 Å². The monoisotopic (exact) mass is 370 g/mol. The Hall–Kier alpha value is -2.24. The van der Waals surface area contributed by atoms with E-state index in [2.05, 4.69) is 16.0 Å². The van der Waals surface area contributed by atoms with Crippen LogP contribution in [0.4, 0.5) is 0 Å². The van der Waals surface area contributed by atoms with E-state index >= 15 is 0 Å². The van der Waals surface area contributed by atoms with Crippen LogP contribution in [-0.2, 0) is 16.1 Å². The molecule has 2 heterocycles. The van der Waals surface area contributed by atoms with E-state index in [4.69, 9.17) is 0 Å². The first-order valence-electron chi connectivity index (χ1n) is 10.1. The SMILES string of the molecule is CC(=O)N(Cc1cncnc1)[C@H]1CCCN(C(=O)CC2=CCCCC2)CC1. The summed E-state index contributed by atoms with van der Waals surface area (Å²) in [5.41, 5.74) is 2.25. The summed E-state index contributed by atoms with van der Waals surface area (Å²) in [6.45, 7) is 3.67. The molecule has 146 valence electrons. The van der Waals surface area contributed by atoms with Crippen LogP contribution < -0.4 is 0 Å². The van der Waals surface area contributed by atoms with Crippen molar-refractivity contribution in [2.75, 3.05) is 13.1 Å². The second-order valence-corrected chi connectivity index (χ2v) is 7.64. The molecule has 0 bridgehead atoms. The van der Waals surface area contributed by atoms with Gasteiger partial charge < -0.3 is 9.80 Å². The molecule has 27 heavy (non-hydrogen) atoms. The predicted octanol–water partition coefficient (Wildman–Crippen LogP) is 3.10. The molecule has 1 aliphatic carbocycles. The van der Waals surface area contributed by atoms with Gasteiger partial charge >= 0.3 is 0 Å². The third-order valence-electron chi connectivity index (χ3n) is 5.63. The number of amides is 2.